The first-order valence-corrected chi connectivity index (χ1v) is 11.8. The Kier molecular flexibility index (Phi) is 5.65. The summed E-state index contributed by atoms with van der Waals surface area (Å²) in [5.74, 6) is 0.627. The fourth-order valence-corrected chi connectivity index (χ4v) is 4.49. The second-order valence-corrected chi connectivity index (χ2v) is 8.61. The Labute approximate surface area is 206 Å². The highest BCUT2D eigenvalue weighted by atomic mass is 19.1. The number of piperazine rings is 1. The van der Waals surface area contributed by atoms with E-state index in [9.17, 15) is 9.18 Å². The van der Waals surface area contributed by atoms with Gasteiger partial charge in [0.05, 0.1) is 11.1 Å². The molecule has 0 spiro atoms. The van der Waals surface area contributed by atoms with Crippen molar-refractivity contribution in [2.45, 2.75) is 6.61 Å². The maximum Gasteiger partial charge on any atom is 0.410 e. The molecule has 2 aromatic heterocycles. The Balaban J connectivity index is 1.30. The zero-order valence-corrected chi connectivity index (χ0v) is 19.4. The molecule has 3 heterocycles. The van der Waals surface area contributed by atoms with Crippen LogP contribution >= 0.6 is 0 Å². The van der Waals surface area contributed by atoms with E-state index in [1.54, 1.807) is 23.1 Å². The van der Waals surface area contributed by atoms with Gasteiger partial charge in [0.1, 0.15) is 12.4 Å². The summed E-state index contributed by atoms with van der Waals surface area (Å²) in [6.07, 6.45) is -0.341. The Bertz CT molecular complexity index is 1550. The van der Waals surface area contributed by atoms with Gasteiger partial charge in [-0.25, -0.2) is 18.6 Å². The van der Waals surface area contributed by atoms with Crippen molar-refractivity contribution in [3.63, 3.8) is 0 Å². The molecule has 1 fully saturated rings. The lowest BCUT2D eigenvalue weighted by Gasteiger charge is -2.35. The number of ether oxygens (including phenoxy) is 1. The van der Waals surface area contributed by atoms with Gasteiger partial charge >= 0.3 is 6.09 Å². The van der Waals surface area contributed by atoms with Crippen LogP contribution in [0.5, 0.6) is 0 Å². The van der Waals surface area contributed by atoms with Gasteiger partial charge in [0, 0.05) is 31.6 Å². The van der Waals surface area contributed by atoms with E-state index in [1.165, 1.54) is 6.07 Å². The summed E-state index contributed by atoms with van der Waals surface area (Å²) >= 11 is 0. The van der Waals surface area contributed by atoms with E-state index in [2.05, 4.69) is 15.1 Å². The molecule has 1 amide bonds. The molecule has 0 bridgehead atoms. The van der Waals surface area contributed by atoms with Gasteiger partial charge in [-0.05, 0) is 29.8 Å². The smallest absolute Gasteiger partial charge is 0.410 e. The molecule has 180 valence electrons. The summed E-state index contributed by atoms with van der Waals surface area (Å²) in [6, 6.07) is 23.8. The molecule has 1 aliphatic rings. The first-order valence-electron chi connectivity index (χ1n) is 11.8. The van der Waals surface area contributed by atoms with Crippen LogP contribution in [0.4, 0.5) is 15.1 Å². The van der Waals surface area contributed by atoms with E-state index in [0.29, 0.717) is 49.2 Å². The molecule has 1 saturated heterocycles. The van der Waals surface area contributed by atoms with Crippen molar-refractivity contribution in [3.8, 4) is 11.4 Å². The number of aromatic nitrogens is 4. The number of amides is 1. The quantitative estimate of drug-likeness (QED) is 0.374. The van der Waals surface area contributed by atoms with Gasteiger partial charge in [-0.15, -0.1) is 10.2 Å². The van der Waals surface area contributed by atoms with Gasteiger partial charge < -0.3 is 14.5 Å². The molecule has 9 heteroatoms. The van der Waals surface area contributed by atoms with Gasteiger partial charge in [0.2, 0.25) is 5.95 Å². The number of fused-ring (bicyclic) bond motifs is 3. The summed E-state index contributed by atoms with van der Waals surface area (Å²) in [7, 11) is 0. The number of halogens is 1. The van der Waals surface area contributed by atoms with Crippen LogP contribution in [0.2, 0.25) is 0 Å². The topological polar surface area (TPSA) is 75.9 Å². The molecule has 0 N–H and O–H groups in total. The Hall–Kier alpha value is -4.53. The lowest BCUT2D eigenvalue weighted by molar-refractivity contribution is 0.0940. The second-order valence-electron chi connectivity index (χ2n) is 8.61. The maximum absolute atomic E-state index is 14.7. The normalized spacial score (nSPS) is 13.9. The highest BCUT2D eigenvalue weighted by Gasteiger charge is 2.27. The van der Waals surface area contributed by atoms with Crippen molar-refractivity contribution in [2.75, 3.05) is 31.1 Å². The lowest BCUT2D eigenvalue weighted by Crippen LogP contribution is -2.49. The number of rotatable bonds is 4. The van der Waals surface area contributed by atoms with E-state index < -0.39 is 0 Å². The molecule has 0 saturated carbocycles. The van der Waals surface area contributed by atoms with E-state index in [0.717, 1.165) is 16.5 Å². The molecular formula is C27H23FN6O2. The van der Waals surface area contributed by atoms with E-state index in [-0.39, 0.29) is 18.5 Å². The zero-order chi connectivity index (χ0) is 24.5. The Morgan fingerprint density at radius 2 is 1.58 bits per heavy atom. The van der Waals surface area contributed by atoms with Gasteiger partial charge in [-0.3, -0.25) is 0 Å². The minimum atomic E-state index is -0.378. The molecule has 3 aromatic carbocycles. The third-order valence-electron chi connectivity index (χ3n) is 6.37. The molecule has 1 aliphatic heterocycles. The largest absolute Gasteiger partial charge is 0.445 e. The fourth-order valence-electron chi connectivity index (χ4n) is 4.49. The van der Waals surface area contributed by atoms with Gasteiger partial charge in [-0.1, -0.05) is 54.6 Å². The average Bonchev–Trinajstić information content (AvgIpc) is 3.37. The van der Waals surface area contributed by atoms with Crippen LogP contribution in [-0.4, -0.2) is 56.8 Å². The van der Waals surface area contributed by atoms with Crippen molar-refractivity contribution < 1.29 is 13.9 Å². The fraction of sp³-hybridized carbons (Fsp3) is 0.185. The van der Waals surface area contributed by atoms with Crippen LogP contribution in [-0.2, 0) is 11.3 Å². The first-order chi connectivity index (χ1) is 17.7. The molecule has 5 aromatic rings. The molecule has 8 nitrogen and oxygen atoms in total. The number of carbonyl (C=O) groups is 1. The number of carbonyl (C=O) groups excluding carboxylic acids is 1. The summed E-state index contributed by atoms with van der Waals surface area (Å²) in [6.45, 7) is 2.26. The number of para-hydroxylation sites is 1. The van der Waals surface area contributed by atoms with Crippen molar-refractivity contribution in [1.82, 2.24) is 24.5 Å². The number of hydrogen-bond acceptors (Lipinski definition) is 6. The number of benzene rings is 3. The summed E-state index contributed by atoms with van der Waals surface area (Å²) in [5.41, 5.74) is 2.68. The van der Waals surface area contributed by atoms with Crippen molar-refractivity contribution in [3.05, 3.63) is 90.2 Å². The molecular weight excluding hydrogens is 459 g/mol. The maximum atomic E-state index is 14.7. The molecule has 0 radical (unpaired) electrons. The van der Waals surface area contributed by atoms with E-state index >= 15 is 0 Å². The third kappa shape index (κ3) is 3.98. The van der Waals surface area contributed by atoms with E-state index in [1.807, 2.05) is 59.0 Å². The van der Waals surface area contributed by atoms with Crippen LogP contribution in [0.25, 0.3) is 27.9 Å². The van der Waals surface area contributed by atoms with Gasteiger partial charge in [0.25, 0.3) is 0 Å². The summed E-state index contributed by atoms with van der Waals surface area (Å²) in [4.78, 5) is 21.3. The van der Waals surface area contributed by atoms with Crippen LogP contribution in [0.15, 0.2) is 78.9 Å². The van der Waals surface area contributed by atoms with Crippen molar-refractivity contribution >= 4 is 28.6 Å². The number of nitrogens with zero attached hydrogens (tertiary/aromatic N) is 6. The third-order valence-corrected chi connectivity index (χ3v) is 6.37. The van der Waals surface area contributed by atoms with Gasteiger partial charge in [0.15, 0.2) is 11.5 Å². The molecule has 0 atom stereocenters. The highest BCUT2D eigenvalue weighted by molar-refractivity contribution is 5.93. The lowest BCUT2D eigenvalue weighted by atomic mass is 10.2. The standard InChI is InChI=1S/C27H23FN6O2/c28-22-12-6-4-10-20(22)24-30-31-25-21-11-5-7-13-23(21)29-26(34(24)25)32-14-16-33(17-15-32)27(35)36-18-19-8-2-1-3-9-19/h1-13H,14-18H2. The molecule has 0 aliphatic carbocycles. The Morgan fingerprint density at radius 3 is 2.39 bits per heavy atom. The number of hydrogen-bond donors (Lipinski definition) is 0. The van der Waals surface area contributed by atoms with Crippen molar-refractivity contribution in [1.29, 1.82) is 0 Å². The van der Waals surface area contributed by atoms with Crippen LogP contribution in [0, 0.1) is 5.82 Å². The average molecular weight is 483 g/mol. The Morgan fingerprint density at radius 1 is 0.861 bits per heavy atom. The highest BCUT2D eigenvalue weighted by Crippen LogP contribution is 2.30. The predicted octanol–water partition coefficient (Wildman–Crippen LogP) is 4.54. The second kappa shape index (κ2) is 9.26. The number of anilines is 1. The summed E-state index contributed by atoms with van der Waals surface area (Å²) < 4.78 is 22.0. The zero-order valence-electron chi connectivity index (χ0n) is 19.4. The SMILES string of the molecule is O=C(OCc1ccccc1)N1CCN(c2nc3ccccc3c3nnc(-c4ccccc4F)n23)CC1. The predicted molar refractivity (Wildman–Crippen MR) is 134 cm³/mol. The van der Waals surface area contributed by atoms with Crippen LogP contribution < -0.4 is 4.90 Å². The van der Waals surface area contributed by atoms with Crippen molar-refractivity contribution in [2.24, 2.45) is 0 Å². The van der Waals surface area contributed by atoms with Crippen LogP contribution in [0.1, 0.15) is 5.56 Å². The first kappa shape index (κ1) is 22.0. The van der Waals surface area contributed by atoms with Gasteiger partial charge in [-0.2, -0.15) is 0 Å². The van der Waals surface area contributed by atoms with Crippen LogP contribution in [0.3, 0.4) is 0 Å². The molecule has 0 unspecified atom stereocenters. The minimum Gasteiger partial charge on any atom is -0.445 e. The molecule has 6 rings (SSSR count). The monoisotopic (exact) mass is 482 g/mol. The minimum absolute atomic E-state index is 0.236. The van der Waals surface area contributed by atoms with E-state index in [4.69, 9.17) is 9.72 Å². The summed E-state index contributed by atoms with van der Waals surface area (Å²) in [5, 5.41) is 9.59. The molecule has 36 heavy (non-hydrogen) atoms.